The number of hydrogen-bond acceptors (Lipinski definition) is 3. The van der Waals surface area contributed by atoms with Crippen LogP contribution in [0.25, 0.3) is 5.65 Å². The molecule has 5 heteroatoms. The number of nitrogens with zero attached hydrogens (tertiary/aromatic N) is 2. The Bertz CT molecular complexity index is 521. The summed E-state index contributed by atoms with van der Waals surface area (Å²) in [6, 6.07) is 2.06. The van der Waals surface area contributed by atoms with Crippen LogP contribution >= 0.6 is 27.7 Å². The van der Waals surface area contributed by atoms with Crippen molar-refractivity contribution in [2.75, 3.05) is 17.7 Å². The van der Waals surface area contributed by atoms with Crippen LogP contribution < -0.4 is 5.73 Å². The Hall–Kier alpha value is -0.680. The molecule has 86 valence electrons. The molecular formula is C11H14BrN3S. The van der Waals surface area contributed by atoms with Crippen LogP contribution in [0.5, 0.6) is 0 Å². The zero-order valence-corrected chi connectivity index (χ0v) is 11.7. The van der Waals surface area contributed by atoms with E-state index in [4.69, 9.17) is 5.73 Å². The number of aromatic nitrogens is 2. The first-order valence-electron chi connectivity index (χ1n) is 5.05. The van der Waals surface area contributed by atoms with Crippen molar-refractivity contribution < 1.29 is 0 Å². The summed E-state index contributed by atoms with van der Waals surface area (Å²) in [4.78, 5) is 4.59. The van der Waals surface area contributed by atoms with E-state index in [9.17, 15) is 0 Å². The summed E-state index contributed by atoms with van der Waals surface area (Å²) >= 11 is 5.28. The highest BCUT2D eigenvalue weighted by Crippen LogP contribution is 2.22. The maximum absolute atomic E-state index is 6.09. The molecule has 0 aliphatic carbocycles. The van der Waals surface area contributed by atoms with Gasteiger partial charge in [-0.2, -0.15) is 11.8 Å². The second-order valence-electron chi connectivity index (χ2n) is 3.72. The smallest absolute Gasteiger partial charge is 0.141 e. The minimum Gasteiger partial charge on any atom is -0.383 e. The SMILES string of the molecule is CSCCc1nc2c(C)cc(Br)cn2c1N. The van der Waals surface area contributed by atoms with Crippen LogP contribution in [0.1, 0.15) is 11.3 Å². The third-order valence-electron chi connectivity index (χ3n) is 2.53. The second-order valence-corrected chi connectivity index (χ2v) is 5.62. The van der Waals surface area contributed by atoms with Crippen LogP contribution in [-0.4, -0.2) is 21.4 Å². The lowest BCUT2D eigenvalue weighted by Crippen LogP contribution is -1.98. The van der Waals surface area contributed by atoms with Gasteiger partial charge in [0, 0.05) is 17.1 Å². The standard InChI is InChI=1S/C11H14BrN3S/c1-7-5-8(12)6-15-10(13)9(3-4-16-2)14-11(7)15/h5-6H,3-4,13H2,1-2H3. The molecule has 2 heterocycles. The largest absolute Gasteiger partial charge is 0.383 e. The Morgan fingerprint density at radius 1 is 1.56 bits per heavy atom. The number of pyridine rings is 1. The van der Waals surface area contributed by atoms with Crippen molar-refractivity contribution in [3.63, 3.8) is 0 Å². The Kier molecular flexibility index (Phi) is 3.44. The first-order chi connectivity index (χ1) is 7.63. The molecule has 0 saturated carbocycles. The number of imidazole rings is 1. The summed E-state index contributed by atoms with van der Waals surface area (Å²) in [6.45, 7) is 2.05. The highest BCUT2D eigenvalue weighted by molar-refractivity contribution is 9.10. The Labute approximate surface area is 108 Å². The van der Waals surface area contributed by atoms with Crippen molar-refractivity contribution in [3.8, 4) is 0 Å². The first kappa shape index (κ1) is 11.8. The lowest BCUT2D eigenvalue weighted by atomic mass is 10.3. The number of aryl methyl sites for hydroxylation is 2. The summed E-state index contributed by atoms with van der Waals surface area (Å²) in [7, 11) is 0. The van der Waals surface area contributed by atoms with Gasteiger partial charge in [-0.05, 0) is 46.5 Å². The normalized spacial score (nSPS) is 11.2. The molecule has 3 nitrogen and oxygen atoms in total. The number of thioether (sulfide) groups is 1. The molecule has 2 aromatic rings. The van der Waals surface area contributed by atoms with E-state index in [0.29, 0.717) is 0 Å². The minimum atomic E-state index is 0.758. The van der Waals surface area contributed by atoms with Gasteiger partial charge in [0.25, 0.3) is 0 Å². The van der Waals surface area contributed by atoms with E-state index in [1.54, 1.807) is 0 Å². The number of fused-ring (bicyclic) bond motifs is 1. The molecule has 16 heavy (non-hydrogen) atoms. The van der Waals surface area contributed by atoms with E-state index in [1.165, 1.54) is 0 Å². The Balaban J connectivity index is 2.54. The van der Waals surface area contributed by atoms with Crippen LogP contribution in [0, 0.1) is 6.92 Å². The van der Waals surface area contributed by atoms with Gasteiger partial charge in [-0.25, -0.2) is 4.98 Å². The van der Waals surface area contributed by atoms with E-state index in [0.717, 1.165) is 39.4 Å². The fraction of sp³-hybridized carbons (Fsp3) is 0.364. The molecule has 0 fully saturated rings. The molecule has 0 aliphatic rings. The maximum Gasteiger partial charge on any atom is 0.141 e. The molecule has 0 unspecified atom stereocenters. The number of anilines is 1. The monoisotopic (exact) mass is 299 g/mol. The van der Waals surface area contributed by atoms with Crippen molar-refractivity contribution in [1.82, 2.24) is 9.38 Å². The molecule has 0 aliphatic heterocycles. The fourth-order valence-corrected chi connectivity index (χ4v) is 2.66. The van der Waals surface area contributed by atoms with Crippen molar-refractivity contribution in [1.29, 1.82) is 0 Å². The molecule has 0 atom stereocenters. The van der Waals surface area contributed by atoms with Gasteiger partial charge in [0.1, 0.15) is 11.5 Å². The predicted molar refractivity (Wildman–Crippen MR) is 74.1 cm³/mol. The van der Waals surface area contributed by atoms with E-state index >= 15 is 0 Å². The molecule has 2 rings (SSSR count). The van der Waals surface area contributed by atoms with Gasteiger partial charge in [-0.3, -0.25) is 4.40 Å². The number of hydrogen-bond donors (Lipinski definition) is 1. The third-order valence-corrected chi connectivity index (χ3v) is 3.57. The minimum absolute atomic E-state index is 0.758. The zero-order chi connectivity index (χ0) is 11.7. The molecular weight excluding hydrogens is 286 g/mol. The molecule has 0 amide bonds. The molecule has 0 bridgehead atoms. The van der Waals surface area contributed by atoms with Gasteiger partial charge in [-0.15, -0.1) is 0 Å². The van der Waals surface area contributed by atoms with Crippen molar-refractivity contribution >= 4 is 39.2 Å². The van der Waals surface area contributed by atoms with E-state index in [1.807, 2.05) is 29.3 Å². The lowest BCUT2D eigenvalue weighted by molar-refractivity contribution is 1.09. The summed E-state index contributed by atoms with van der Waals surface area (Å²) in [5, 5.41) is 0. The first-order valence-corrected chi connectivity index (χ1v) is 7.23. The summed E-state index contributed by atoms with van der Waals surface area (Å²) in [5.74, 6) is 1.81. The van der Waals surface area contributed by atoms with E-state index in [-0.39, 0.29) is 0 Å². The Morgan fingerprint density at radius 2 is 2.31 bits per heavy atom. The molecule has 0 aromatic carbocycles. The van der Waals surface area contributed by atoms with Crippen molar-refractivity contribution in [2.45, 2.75) is 13.3 Å². The third kappa shape index (κ3) is 2.06. The van der Waals surface area contributed by atoms with Crippen LogP contribution in [-0.2, 0) is 6.42 Å². The van der Waals surface area contributed by atoms with Gasteiger partial charge in [0.2, 0.25) is 0 Å². The van der Waals surface area contributed by atoms with Gasteiger partial charge in [0.05, 0.1) is 5.69 Å². The highest BCUT2D eigenvalue weighted by atomic mass is 79.9. The number of rotatable bonds is 3. The van der Waals surface area contributed by atoms with Gasteiger partial charge < -0.3 is 5.73 Å². The lowest BCUT2D eigenvalue weighted by Gasteiger charge is -2.00. The van der Waals surface area contributed by atoms with E-state index in [2.05, 4.69) is 33.2 Å². The van der Waals surface area contributed by atoms with Gasteiger partial charge >= 0.3 is 0 Å². The topological polar surface area (TPSA) is 43.3 Å². The summed E-state index contributed by atoms with van der Waals surface area (Å²) < 4.78 is 2.98. The van der Waals surface area contributed by atoms with Crippen LogP contribution in [0.4, 0.5) is 5.82 Å². The summed E-state index contributed by atoms with van der Waals surface area (Å²) in [5.41, 5.74) is 9.17. The predicted octanol–water partition coefficient (Wildman–Crippen LogP) is 2.89. The Morgan fingerprint density at radius 3 is 3.00 bits per heavy atom. The molecule has 0 spiro atoms. The second kappa shape index (κ2) is 4.67. The van der Waals surface area contributed by atoms with E-state index < -0.39 is 0 Å². The molecule has 2 aromatic heterocycles. The fourth-order valence-electron chi connectivity index (χ4n) is 1.72. The van der Waals surface area contributed by atoms with Gasteiger partial charge in [0.15, 0.2) is 0 Å². The average Bonchev–Trinajstić information content (AvgIpc) is 2.54. The molecule has 2 N–H and O–H groups in total. The van der Waals surface area contributed by atoms with Crippen molar-refractivity contribution in [2.24, 2.45) is 0 Å². The maximum atomic E-state index is 6.09. The van der Waals surface area contributed by atoms with Crippen LogP contribution in [0.3, 0.4) is 0 Å². The van der Waals surface area contributed by atoms with Crippen molar-refractivity contribution in [3.05, 3.63) is 28.0 Å². The van der Waals surface area contributed by atoms with Gasteiger partial charge in [-0.1, -0.05) is 0 Å². The van der Waals surface area contributed by atoms with Crippen LogP contribution in [0.2, 0.25) is 0 Å². The number of nitrogen functional groups attached to an aromatic ring is 1. The quantitative estimate of drug-likeness (QED) is 0.948. The molecule has 0 radical (unpaired) electrons. The zero-order valence-electron chi connectivity index (χ0n) is 9.33. The summed E-state index contributed by atoms with van der Waals surface area (Å²) in [6.07, 6.45) is 4.98. The number of halogens is 1. The highest BCUT2D eigenvalue weighted by Gasteiger charge is 2.10. The number of nitrogens with two attached hydrogens (primary N) is 1. The molecule has 0 saturated heterocycles. The average molecular weight is 300 g/mol. The van der Waals surface area contributed by atoms with Crippen LogP contribution in [0.15, 0.2) is 16.7 Å².